The Balaban J connectivity index is 2.44. The van der Waals surface area contributed by atoms with Crippen LogP contribution in [0.3, 0.4) is 0 Å². The lowest BCUT2D eigenvalue weighted by Gasteiger charge is -2.27. The van der Waals surface area contributed by atoms with Crippen LogP contribution in [-0.4, -0.2) is 8.07 Å². The van der Waals surface area contributed by atoms with Gasteiger partial charge in [-0.3, -0.25) is 0 Å². The minimum Gasteiger partial charge on any atom is -0.0842 e. The SMILES string of the molecule is CC[Si](CC)(CC)CCC=Cc1ccccc1. The number of allylic oxidation sites excluding steroid dienone is 1. The van der Waals surface area contributed by atoms with Gasteiger partial charge >= 0.3 is 0 Å². The van der Waals surface area contributed by atoms with E-state index in [4.69, 9.17) is 0 Å². The van der Waals surface area contributed by atoms with E-state index in [2.05, 4.69) is 63.3 Å². The second kappa shape index (κ2) is 7.49. The van der Waals surface area contributed by atoms with E-state index in [1.807, 2.05) is 0 Å². The summed E-state index contributed by atoms with van der Waals surface area (Å²) in [4.78, 5) is 0. The normalized spacial score (nSPS) is 12.2. The highest BCUT2D eigenvalue weighted by Crippen LogP contribution is 2.26. The summed E-state index contributed by atoms with van der Waals surface area (Å²) in [6.45, 7) is 7.17. The van der Waals surface area contributed by atoms with Crippen molar-refractivity contribution < 1.29 is 0 Å². The van der Waals surface area contributed by atoms with Crippen LogP contribution in [0, 0.1) is 0 Å². The lowest BCUT2D eigenvalue weighted by molar-refractivity contribution is 1.05. The summed E-state index contributed by atoms with van der Waals surface area (Å²) < 4.78 is 0. The van der Waals surface area contributed by atoms with E-state index < -0.39 is 8.07 Å². The van der Waals surface area contributed by atoms with Crippen LogP contribution in [-0.2, 0) is 0 Å². The number of hydrogen-bond donors (Lipinski definition) is 0. The maximum absolute atomic E-state index is 2.39. The molecule has 94 valence electrons. The van der Waals surface area contributed by atoms with Crippen LogP contribution in [0.4, 0.5) is 0 Å². The van der Waals surface area contributed by atoms with E-state index in [1.165, 1.54) is 36.2 Å². The van der Waals surface area contributed by atoms with Crippen molar-refractivity contribution in [3.05, 3.63) is 42.0 Å². The highest BCUT2D eigenvalue weighted by Gasteiger charge is 2.24. The molecule has 0 N–H and O–H groups in total. The average Bonchev–Trinajstić information content (AvgIpc) is 2.41. The van der Waals surface area contributed by atoms with Crippen LogP contribution >= 0.6 is 0 Å². The molecule has 17 heavy (non-hydrogen) atoms. The maximum Gasteiger partial charge on any atom is 0.0530 e. The Bertz CT molecular complexity index is 314. The fourth-order valence-corrected chi connectivity index (χ4v) is 5.79. The molecule has 0 heterocycles. The van der Waals surface area contributed by atoms with Gasteiger partial charge in [0.2, 0.25) is 0 Å². The smallest absolute Gasteiger partial charge is 0.0530 e. The van der Waals surface area contributed by atoms with Gasteiger partial charge in [-0.05, 0) is 12.0 Å². The zero-order chi connectivity index (χ0) is 12.6. The molecule has 1 rings (SSSR count). The number of benzene rings is 1. The Labute approximate surface area is 108 Å². The van der Waals surface area contributed by atoms with Crippen LogP contribution < -0.4 is 0 Å². The predicted octanol–water partition coefficient (Wildman–Crippen LogP) is 5.60. The summed E-state index contributed by atoms with van der Waals surface area (Å²) >= 11 is 0. The molecule has 0 aromatic heterocycles. The van der Waals surface area contributed by atoms with Crippen LogP contribution in [0.2, 0.25) is 24.2 Å². The minimum absolute atomic E-state index is 0.907. The van der Waals surface area contributed by atoms with Crippen molar-refractivity contribution in [2.24, 2.45) is 0 Å². The first-order valence-corrected chi connectivity index (χ1v) is 9.80. The Morgan fingerprint density at radius 2 is 1.53 bits per heavy atom. The van der Waals surface area contributed by atoms with Crippen molar-refractivity contribution in [1.82, 2.24) is 0 Å². The molecule has 0 spiro atoms. The maximum atomic E-state index is 2.39. The minimum atomic E-state index is -0.907. The van der Waals surface area contributed by atoms with E-state index in [-0.39, 0.29) is 0 Å². The molecule has 0 aliphatic carbocycles. The fraction of sp³-hybridized carbons (Fsp3) is 0.500. The van der Waals surface area contributed by atoms with Gasteiger partial charge in [-0.25, -0.2) is 0 Å². The standard InChI is InChI=1S/C16H26Si/c1-4-17(5-2,6-3)15-11-10-14-16-12-8-7-9-13-16/h7-10,12-14H,4-6,11,15H2,1-3H3. The molecule has 1 aromatic carbocycles. The monoisotopic (exact) mass is 246 g/mol. The van der Waals surface area contributed by atoms with Gasteiger partial charge in [-0.1, -0.05) is 87.4 Å². The van der Waals surface area contributed by atoms with Gasteiger partial charge in [-0.15, -0.1) is 0 Å². The van der Waals surface area contributed by atoms with E-state index in [1.54, 1.807) is 0 Å². The summed E-state index contributed by atoms with van der Waals surface area (Å²) in [5, 5.41) is 0. The van der Waals surface area contributed by atoms with E-state index in [0.29, 0.717) is 0 Å². The summed E-state index contributed by atoms with van der Waals surface area (Å²) in [5.41, 5.74) is 1.32. The lowest BCUT2D eigenvalue weighted by atomic mass is 10.2. The van der Waals surface area contributed by atoms with Gasteiger partial charge in [0, 0.05) is 0 Å². The molecule has 0 atom stereocenters. The zero-order valence-electron chi connectivity index (χ0n) is 11.6. The fourth-order valence-electron chi connectivity index (χ4n) is 2.45. The van der Waals surface area contributed by atoms with Gasteiger partial charge < -0.3 is 0 Å². The third kappa shape index (κ3) is 4.51. The van der Waals surface area contributed by atoms with Crippen LogP contribution in [0.15, 0.2) is 36.4 Å². The van der Waals surface area contributed by atoms with Crippen molar-refractivity contribution in [1.29, 1.82) is 0 Å². The molecule has 0 nitrogen and oxygen atoms in total. The van der Waals surface area contributed by atoms with Crippen molar-refractivity contribution in [2.75, 3.05) is 0 Å². The number of rotatable bonds is 7. The summed E-state index contributed by atoms with van der Waals surface area (Å²) in [6, 6.07) is 16.4. The van der Waals surface area contributed by atoms with Crippen molar-refractivity contribution in [2.45, 2.75) is 51.4 Å². The van der Waals surface area contributed by atoms with Crippen LogP contribution in [0.5, 0.6) is 0 Å². The van der Waals surface area contributed by atoms with E-state index in [0.717, 1.165) is 0 Å². The van der Waals surface area contributed by atoms with Gasteiger partial charge in [0.1, 0.15) is 0 Å². The van der Waals surface area contributed by atoms with Crippen LogP contribution in [0.1, 0.15) is 32.8 Å². The molecule has 0 saturated carbocycles. The summed E-state index contributed by atoms with van der Waals surface area (Å²) in [7, 11) is -0.907. The first-order valence-electron chi connectivity index (χ1n) is 6.98. The summed E-state index contributed by atoms with van der Waals surface area (Å²) in [5.74, 6) is 0. The Hall–Kier alpha value is -0.823. The molecule has 0 aliphatic heterocycles. The second-order valence-electron chi connectivity index (χ2n) is 4.91. The van der Waals surface area contributed by atoms with Gasteiger partial charge in [0.25, 0.3) is 0 Å². The van der Waals surface area contributed by atoms with Crippen molar-refractivity contribution in [3.8, 4) is 0 Å². The Morgan fingerprint density at radius 3 is 2.06 bits per heavy atom. The summed E-state index contributed by atoms with van der Waals surface area (Å²) in [6.07, 6.45) is 5.88. The molecular formula is C16H26Si. The van der Waals surface area contributed by atoms with E-state index in [9.17, 15) is 0 Å². The Kier molecular flexibility index (Phi) is 6.28. The quantitative estimate of drug-likeness (QED) is 0.549. The molecule has 1 aromatic rings. The first kappa shape index (κ1) is 14.2. The Morgan fingerprint density at radius 1 is 0.941 bits per heavy atom. The molecule has 1 heteroatoms. The lowest BCUT2D eigenvalue weighted by Crippen LogP contribution is -2.30. The highest BCUT2D eigenvalue weighted by molar-refractivity contribution is 6.79. The zero-order valence-corrected chi connectivity index (χ0v) is 12.6. The predicted molar refractivity (Wildman–Crippen MR) is 82.1 cm³/mol. The second-order valence-corrected chi connectivity index (χ2v) is 10.5. The molecule has 0 unspecified atom stereocenters. The van der Waals surface area contributed by atoms with Gasteiger partial charge in [0.15, 0.2) is 0 Å². The van der Waals surface area contributed by atoms with Crippen molar-refractivity contribution >= 4 is 14.1 Å². The molecule has 0 bridgehead atoms. The third-order valence-electron chi connectivity index (χ3n) is 4.20. The molecule has 0 radical (unpaired) electrons. The number of hydrogen-bond acceptors (Lipinski definition) is 0. The van der Waals surface area contributed by atoms with Crippen molar-refractivity contribution in [3.63, 3.8) is 0 Å². The van der Waals surface area contributed by atoms with Gasteiger partial charge in [0.05, 0.1) is 8.07 Å². The van der Waals surface area contributed by atoms with Crippen LogP contribution in [0.25, 0.3) is 6.08 Å². The molecular weight excluding hydrogens is 220 g/mol. The highest BCUT2D eigenvalue weighted by atomic mass is 28.3. The van der Waals surface area contributed by atoms with Gasteiger partial charge in [-0.2, -0.15) is 0 Å². The molecule has 0 amide bonds. The molecule has 0 saturated heterocycles. The average molecular weight is 246 g/mol. The first-order chi connectivity index (χ1) is 8.26. The topological polar surface area (TPSA) is 0 Å². The third-order valence-corrected chi connectivity index (χ3v) is 10.1. The van der Waals surface area contributed by atoms with E-state index >= 15 is 0 Å². The molecule has 0 fully saturated rings. The largest absolute Gasteiger partial charge is 0.0842 e. The molecule has 0 aliphatic rings.